The van der Waals surface area contributed by atoms with Crippen LogP contribution in [0.4, 0.5) is 11.5 Å². The molecule has 1 aromatic carbocycles. The number of hydrogen-bond acceptors (Lipinski definition) is 6. The number of benzene rings is 1. The zero-order valence-electron chi connectivity index (χ0n) is 13.9. The van der Waals surface area contributed by atoms with E-state index in [0.29, 0.717) is 17.3 Å². The lowest BCUT2D eigenvalue weighted by Crippen LogP contribution is -2.20. The van der Waals surface area contributed by atoms with Gasteiger partial charge in [0, 0.05) is 21.4 Å². The lowest BCUT2D eigenvalue weighted by atomic mass is 10.0. The van der Waals surface area contributed by atoms with Gasteiger partial charge in [0.25, 0.3) is 5.88 Å². The molecule has 0 radical (unpaired) electrons. The Hall–Kier alpha value is -2.67. The third-order valence-electron chi connectivity index (χ3n) is 4.10. The van der Waals surface area contributed by atoms with Gasteiger partial charge in [-0.1, -0.05) is 22.0 Å². The van der Waals surface area contributed by atoms with Gasteiger partial charge < -0.3 is 9.47 Å². The topological polar surface area (TPSA) is 60.4 Å². The second-order valence-corrected chi connectivity index (χ2v) is 6.48. The molecule has 25 heavy (non-hydrogen) atoms. The van der Waals surface area contributed by atoms with E-state index in [1.807, 2.05) is 37.3 Å². The predicted octanol–water partition coefficient (Wildman–Crippen LogP) is 4.32. The van der Waals surface area contributed by atoms with Gasteiger partial charge in [0.1, 0.15) is 6.33 Å². The Balaban J connectivity index is 2.05. The molecule has 7 heteroatoms. The Morgan fingerprint density at radius 1 is 1.12 bits per heavy atom. The number of anilines is 2. The SMILES string of the molecule is COc1nc2ncnc3c2c(c1OC)C=C(C)N3c1cccc(Br)c1. The number of rotatable bonds is 3. The van der Waals surface area contributed by atoms with E-state index in [-0.39, 0.29) is 0 Å². The van der Waals surface area contributed by atoms with E-state index >= 15 is 0 Å². The average Bonchev–Trinajstić information content (AvgIpc) is 2.61. The molecular weight excluding hydrogens is 384 g/mol. The third kappa shape index (κ3) is 2.42. The Bertz CT molecular complexity index is 1020. The molecule has 0 fully saturated rings. The highest BCUT2D eigenvalue weighted by atomic mass is 79.9. The fraction of sp³-hybridized carbons (Fsp3) is 0.167. The van der Waals surface area contributed by atoms with Gasteiger partial charge in [0.15, 0.2) is 17.2 Å². The normalized spacial score (nSPS) is 13.0. The minimum atomic E-state index is 0.412. The minimum Gasteiger partial charge on any atom is -0.491 e. The summed E-state index contributed by atoms with van der Waals surface area (Å²) in [5.41, 5.74) is 3.46. The number of allylic oxidation sites excluding steroid dienone is 1. The van der Waals surface area contributed by atoms with Crippen molar-refractivity contribution in [3.05, 3.63) is 46.3 Å². The molecule has 0 bridgehead atoms. The first-order valence-electron chi connectivity index (χ1n) is 7.64. The Labute approximate surface area is 153 Å². The van der Waals surface area contributed by atoms with Crippen molar-refractivity contribution in [2.45, 2.75) is 6.92 Å². The maximum Gasteiger partial charge on any atom is 0.259 e. The van der Waals surface area contributed by atoms with E-state index < -0.39 is 0 Å². The average molecular weight is 399 g/mol. The van der Waals surface area contributed by atoms with E-state index in [0.717, 1.165) is 32.6 Å². The maximum absolute atomic E-state index is 5.55. The highest BCUT2D eigenvalue weighted by Crippen LogP contribution is 2.45. The predicted molar refractivity (Wildman–Crippen MR) is 100 cm³/mol. The summed E-state index contributed by atoms with van der Waals surface area (Å²) in [6, 6.07) is 8.07. The molecule has 0 atom stereocenters. The van der Waals surface area contributed by atoms with Crippen LogP contribution < -0.4 is 14.4 Å². The van der Waals surface area contributed by atoms with Crippen molar-refractivity contribution in [3.8, 4) is 11.6 Å². The van der Waals surface area contributed by atoms with Gasteiger partial charge in [-0.2, -0.15) is 4.98 Å². The van der Waals surface area contributed by atoms with Crippen molar-refractivity contribution in [2.75, 3.05) is 19.1 Å². The summed E-state index contributed by atoms with van der Waals surface area (Å²) in [6.07, 6.45) is 3.56. The van der Waals surface area contributed by atoms with Crippen molar-refractivity contribution >= 4 is 44.5 Å². The summed E-state index contributed by atoms with van der Waals surface area (Å²) < 4.78 is 11.9. The molecule has 2 aromatic heterocycles. The van der Waals surface area contributed by atoms with Crippen LogP contribution in [0.1, 0.15) is 12.5 Å². The lowest BCUT2D eigenvalue weighted by molar-refractivity contribution is 0.344. The van der Waals surface area contributed by atoms with Crippen LogP contribution in [-0.4, -0.2) is 29.2 Å². The van der Waals surface area contributed by atoms with E-state index in [1.165, 1.54) is 6.33 Å². The van der Waals surface area contributed by atoms with Crippen molar-refractivity contribution in [3.63, 3.8) is 0 Å². The molecule has 1 aliphatic rings. The van der Waals surface area contributed by atoms with Crippen LogP contribution in [-0.2, 0) is 0 Å². The number of halogens is 1. The van der Waals surface area contributed by atoms with E-state index in [2.05, 4.69) is 35.8 Å². The van der Waals surface area contributed by atoms with Crippen LogP contribution in [0.15, 0.2) is 40.8 Å². The van der Waals surface area contributed by atoms with Gasteiger partial charge in [0.05, 0.1) is 19.6 Å². The van der Waals surface area contributed by atoms with Crippen molar-refractivity contribution in [1.29, 1.82) is 0 Å². The Kier molecular flexibility index (Phi) is 3.80. The van der Waals surface area contributed by atoms with Crippen LogP contribution in [0, 0.1) is 0 Å². The lowest BCUT2D eigenvalue weighted by Gasteiger charge is -2.30. The van der Waals surface area contributed by atoms with Gasteiger partial charge in [0.2, 0.25) is 0 Å². The first kappa shape index (κ1) is 15.8. The summed E-state index contributed by atoms with van der Waals surface area (Å²) >= 11 is 3.53. The highest BCUT2D eigenvalue weighted by molar-refractivity contribution is 9.10. The fourth-order valence-electron chi connectivity index (χ4n) is 3.09. The highest BCUT2D eigenvalue weighted by Gasteiger charge is 2.27. The first-order valence-corrected chi connectivity index (χ1v) is 8.44. The minimum absolute atomic E-state index is 0.412. The van der Waals surface area contributed by atoms with Crippen LogP contribution >= 0.6 is 15.9 Å². The molecule has 3 aromatic rings. The zero-order valence-corrected chi connectivity index (χ0v) is 15.5. The molecule has 0 amide bonds. The van der Waals surface area contributed by atoms with Crippen molar-refractivity contribution in [1.82, 2.24) is 15.0 Å². The van der Waals surface area contributed by atoms with Crippen LogP contribution in [0.5, 0.6) is 11.6 Å². The molecule has 126 valence electrons. The van der Waals surface area contributed by atoms with Gasteiger partial charge >= 0.3 is 0 Å². The zero-order chi connectivity index (χ0) is 17.6. The second-order valence-electron chi connectivity index (χ2n) is 5.56. The molecule has 0 spiro atoms. The number of pyridine rings is 1. The standard InChI is InChI=1S/C18H15BrN4O2/c1-10-7-13-14-16(22-18(25-3)15(13)24-2)20-9-21-17(14)23(10)12-6-4-5-11(19)8-12/h4-9H,1-3H3. The van der Waals surface area contributed by atoms with E-state index in [4.69, 9.17) is 9.47 Å². The molecule has 4 rings (SSSR count). The number of methoxy groups -OCH3 is 2. The van der Waals surface area contributed by atoms with Crippen molar-refractivity contribution in [2.24, 2.45) is 0 Å². The Morgan fingerprint density at radius 3 is 2.68 bits per heavy atom. The van der Waals surface area contributed by atoms with Gasteiger partial charge in [-0.3, -0.25) is 4.90 Å². The molecule has 1 aliphatic heterocycles. The van der Waals surface area contributed by atoms with Gasteiger partial charge in [-0.15, -0.1) is 0 Å². The fourth-order valence-corrected chi connectivity index (χ4v) is 3.48. The van der Waals surface area contributed by atoms with E-state index in [1.54, 1.807) is 14.2 Å². The first-order chi connectivity index (χ1) is 12.1. The van der Waals surface area contributed by atoms with Crippen LogP contribution in [0.25, 0.3) is 17.1 Å². The molecule has 0 aliphatic carbocycles. The number of hydrogen-bond donors (Lipinski definition) is 0. The number of aromatic nitrogens is 3. The molecular formula is C18H15BrN4O2. The number of nitrogens with zero attached hydrogens (tertiary/aromatic N) is 4. The smallest absolute Gasteiger partial charge is 0.259 e. The van der Waals surface area contributed by atoms with Crippen LogP contribution in [0.3, 0.4) is 0 Å². The van der Waals surface area contributed by atoms with Gasteiger partial charge in [-0.25, -0.2) is 9.97 Å². The molecule has 0 saturated carbocycles. The second kappa shape index (κ2) is 6.00. The molecule has 3 heterocycles. The monoisotopic (exact) mass is 398 g/mol. The summed E-state index contributed by atoms with van der Waals surface area (Å²) in [5.74, 6) is 1.76. The molecule has 0 saturated heterocycles. The summed E-state index contributed by atoms with van der Waals surface area (Å²) in [7, 11) is 3.17. The quantitative estimate of drug-likeness (QED) is 0.654. The molecule has 0 N–H and O–H groups in total. The largest absolute Gasteiger partial charge is 0.491 e. The Morgan fingerprint density at radius 2 is 1.96 bits per heavy atom. The number of ether oxygens (including phenoxy) is 2. The third-order valence-corrected chi connectivity index (χ3v) is 4.60. The molecule has 6 nitrogen and oxygen atoms in total. The van der Waals surface area contributed by atoms with Gasteiger partial charge in [-0.05, 0) is 31.2 Å². The summed E-state index contributed by atoms with van der Waals surface area (Å²) in [5, 5.41) is 0.839. The maximum atomic E-state index is 5.55. The summed E-state index contributed by atoms with van der Waals surface area (Å²) in [4.78, 5) is 15.4. The van der Waals surface area contributed by atoms with E-state index in [9.17, 15) is 0 Å². The van der Waals surface area contributed by atoms with Crippen molar-refractivity contribution < 1.29 is 9.47 Å². The summed E-state index contributed by atoms with van der Waals surface area (Å²) in [6.45, 7) is 2.03. The molecule has 0 unspecified atom stereocenters. The van der Waals surface area contributed by atoms with Crippen LogP contribution in [0.2, 0.25) is 0 Å².